The molecule has 1 unspecified atom stereocenters. The lowest BCUT2D eigenvalue weighted by Crippen LogP contribution is -2.25. The fourth-order valence-corrected chi connectivity index (χ4v) is 2.55. The van der Waals surface area contributed by atoms with Gasteiger partial charge in [-0.1, -0.05) is 78.6 Å². The number of rotatable bonds is 13. The van der Waals surface area contributed by atoms with Gasteiger partial charge in [0.05, 0.1) is 0 Å². The van der Waals surface area contributed by atoms with Crippen LogP contribution in [0.25, 0.3) is 0 Å². The Labute approximate surface area is 116 Å². The van der Waals surface area contributed by atoms with Crippen molar-refractivity contribution in [2.45, 2.75) is 97.4 Å². The minimum absolute atomic E-state index is 0.763. The van der Waals surface area contributed by atoms with Crippen LogP contribution in [0.4, 0.5) is 0 Å². The monoisotopic (exact) mass is 255 g/mol. The second-order valence-electron chi connectivity index (χ2n) is 6.22. The van der Waals surface area contributed by atoms with Gasteiger partial charge in [0.1, 0.15) is 0 Å². The van der Waals surface area contributed by atoms with E-state index in [4.69, 9.17) is 0 Å². The van der Waals surface area contributed by atoms with Crippen molar-refractivity contribution in [2.75, 3.05) is 7.05 Å². The molecule has 0 heterocycles. The minimum atomic E-state index is 0.763. The van der Waals surface area contributed by atoms with Crippen LogP contribution in [0.3, 0.4) is 0 Å². The van der Waals surface area contributed by atoms with Gasteiger partial charge in [-0.15, -0.1) is 0 Å². The second kappa shape index (κ2) is 13.4. The van der Waals surface area contributed by atoms with Crippen molar-refractivity contribution in [3.8, 4) is 0 Å². The maximum Gasteiger partial charge on any atom is 0.00640 e. The third-order valence-corrected chi connectivity index (χ3v) is 3.90. The van der Waals surface area contributed by atoms with Crippen LogP contribution in [0.1, 0.15) is 91.4 Å². The molecule has 0 radical (unpaired) electrons. The molecule has 0 aliphatic heterocycles. The van der Waals surface area contributed by atoms with Crippen LogP contribution in [-0.4, -0.2) is 13.1 Å². The maximum atomic E-state index is 3.49. The van der Waals surface area contributed by atoms with Gasteiger partial charge in [-0.05, 0) is 25.8 Å². The largest absolute Gasteiger partial charge is 0.317 e. The SMILES string of the molecule is CCCCCCCCCC(CCCC(C)C)NC. The molecule has 18 heavy (non-hydrogen) atoms. The molecule has 0 bridgehead atoms. The summed E-state index contributed by atoms with van der Waals surface area (Å²) in [4.78, 5) is 0. The van der Waals surface area contributed by atoms with Crippen LogP contribution in [0, 0.1) is 5.92 Å². The molecule has 0 aliphatic rings. The third kappa shape index (κ3) is 12.4. The molecule has 0 fully saturated rings. The van der Waals surface area contributed by atoms with E-state index in [1.54, 1.807) is 0 Å². The van der Waals surface area contributed by atoms with Crippen LogP contribution in [-0.2, 0) is 0 Å². The third-order valence-electron chi connectivity index (χ3n) is 3.90. The van der Waals surface area contributed by atoms with Crippen LogP contribution < -0.4 is 5.32 Å². The standard InChI is InChI=1S/C17H37N/c1-5-6-7-8-9-10-11-14-17(18-4)15-12-13-16(2)3/h16-18H,5-15H2,1-4H3. The van der Waals surface area contributed by atoms with Crippen molar-refractivity contribution >= 4 is 0 Å². The minimum Gasteiger partial charge on any atom is -0.317 e. The maximum absolute atomic E-state index is 3.49. The van der Waals surface area contributed by atoms with E-state index in [1.807, 2.05) is 0 Å². The van der Waals surface area contributed by atoms with Gasteiger partial charge >= 0.3 is 0 Å². The molecular weight excluding hydrogens is 218 g/mol. The van der Waals surface area contributed by atoms with Crippen LogP contribution in [0.15, 0.2) is 0 Å². The van der Waals surface area contributed by atoms with E-state index in [-0.39, 0.29) is 0 Å². The summed E-state index contributed by atoms with van der Waals surface area (Å²) in [5.74, 6) is 0.862. The quantitative estimate of drug-likeness (QED) is 0.426. The first-order chi connectivity index (χ1) is 8.70. The molecule has 1 heteroatoms. The van der Waals surface area contributed by atoms with E-state index >= 15 is 0 Å². The molecule has 110 valence electrons. The van der Waals surface area contributed by atoms with Crippen molar-refractivity contribution in [3.63, 3.8) is 0 Å². The summed E-state index contributed by atoms with van der Waals surface area (Å²) in [6, 6.07) is 0.763. The van der Waals surface area contributed by atoms with E-state index in [9.17, 15) is 0 Å². The van der Waals surface area contributed by atoms with Crippen molar-refractivity contribution in [1.82, 2.24) is 5.32 Å². The first-order valence-electron chi connectivity index (χ1n) is 8.38. The van der Waals surface area contributed by atoms with E-state index in [2.05, 4.69) is 33.1 Å². The molecule has 0 aromatic rings. The van der Waals surface area contributed by atoms with Crippen molar-refractivity contribution in [2.24, 2.45) is 5.92 Å². The molecule has 0 aliphatic carbocycles. The summed E-state index contributed by atoms with van der Waals surface area (Å²) in [6.07, 6.45) is 15.5. The summed E-state index contributed by atoms with van der Waals surface area (Å²) in [6.45, 7) is 6.93. The zero-order valence-electron chi connectivity index (χ0n) is 13.4. The van der Waals surface area contributed by atoms with Crippen LogP contribution in [0.2, 0.25) is 0 Å². The van der Waals surface area contributed by atoms with Gasteiger partial charge < -0.3 is 5.32 Å². The molecule has 0 aromatic heterocycles. The highest BCUT2D eigenvalue weighted by Crippen LogP contribution is 2.14. The van der Waals surface area contributed by atoms with Gasteiger partial charge in [0.15, 0.2) is 0 Å². The Bertz CT molecular complexity index is 154. The molecule has 0 amide bonds. The molecule has 1 nitrogen and oxygen atoms in total. The normalized spacial score (nSPS) is 13.2. The zero-order valence-corrected chi connectivity index (χ0v) is 13.4. The zero-order chi connectivity index (χ0) is 13.6. The summed E-state index contributed by atoms with van der Waals surface area (Å²) >= 11 is 0. The number of nitrogens with one attached hydrogen (secondary N) is 1. The summed E-state index contributed by atoms with van der Waals surface area (Å²) < 4.78 is 0. The molecule has 0 aromatic carbocycles. The van der Waals surface area contributed by atoms with Gasteiger partial charge in [0.25, 0.3) is 0 Å². The van der Waals surface area contributed by atoms with Crippen LogP contribution >= 0.6 is 0 Å². The second-order valence-corrected chi connectivity index (χ2v) is 6.22. The lowest BCUT2D eigenvalue weighted by molar-refractivity contribution is 0.423. The first-order valence-corrected chi connectivity index (χ1v) is 8.38. The topological polar surface area (TPSA) is 12.0 Å². The fraction of sp³-hybridized carbons (Fsp3) is 1.00. The van der Waals surface area contributed by atoms with E-state index in [0.29, 0.717) is 0 Å². The van der Waals surface area contributed by atoms with Gasteiger partial charge in [-0.2, -0.15) is 0 Å². The highest BCUT2D eigenvalue weighted by molar-refractivity contribution is 4.65. The van der Waals surface area contributed by atoms with E-state index in [0.717, 1.165) is 12.0 Å². The predicted octanol–water partition coefficient (Wildman–Crippen LogP) is 5.54. The Morgan fingerprint density at radius 2 is 1.28 bits per heavy atom. The van der Waals surface area contributed by atoms with Gasteiger partial charge in [0, 0.05) is 6.04 Å². The smallest absolute Gasteiger partial charge is 0.00640 e. The van der Waals surface area contributed by atoms with Crippen LogP contribution in [0.5, 0.6) is 0 Å². The summed E-state index contributed by atoms with van der Waals surface area (Å²) in [7, 11) is 2.13. The average molecular weight is 255 g/mol. The Balaban J connectivity index is 3.33. The predicted molar refractivity (Wildman–Crippen MR) is 84.1 cm³/mol. The lowest BCUT2D eigenvalue weighted by atomic mass is 9.99. The van der Waals surface area contributed by atoms with Crippen molar-refractivity contribution in [1.29, 1.82) is 0 Å². The highest BCUT2D eigenvalue weighted by atomic mass is 14.9. The van der Waals surface area contributed by atoms with Crippen molar-refractivity contribution in [3.05, 3.63) is 0 Å². The Kier molecular flexibility index (Phi) is 13.4. The highest BCUT2D eigenvalue weighted by Gasteiger charge is 2.06. The summed E-state index contributed by atoms with van der Waals surface area (Å²) in [5, 5.41) is 3.49. The van der Waals surface area contributed by atoms with Gasteiger partial charge in [-0.25, -0.2) is 0 Å². The number of hydrogen-bond acceptors (Lipinski definition) is 1. The first kappa shape index (κ1) is 18.0. The Hall–Kier alpha value is -0.0400. The lowest BCUT2D eigenvalue weighted by Gasteiger charge is -2.16. The Morgan fingerprint density at radius 1 is 0.722 bits per heavy atom. The van der Waals surface area contributed by atoms with E-state index in [1.165, 1.54) is 70.6 Å². The molecule has 1 N–H and O–H groups in total. The molecule has 0 rings (SSSR count). The van der Waals surface area contributed by atoms with Crippen molar-refractivity contribution < 1.29 is 0 Å². The molecule has 0 spiro atoms. The molecule has 0 saturated carbocycles. The fourth-order valence-electron chi connectivity index (χ4n) is 2.55. The van der Waals surface area contributed by atoms with Gasteiger partial charge in [-0.3, -0.25) is 0 Å². The number of unbranched alkanes of at least 4 members (excludes halogenated alkanes) is 6. The molecular formula is C17H37N. The molecule has 0 saturated heterocycles. The number of hydrogen-bond donors (Lipinski definition) is 1. The average Bonchev–Trinajstić information content (AvgIpc) is 2.35. The van der Waals surface area contributed by atoms with Gasteiger partial charge in [0.2, 0.25) is 0 Å². The molecule has 1 atom stereocenters. The Morgan fingerprint density at radius 3 is 1.83 bits per heavy atom. The summed E-state index contributed by atoms with van der Waals surface area (Å²) in [5.41, 5.74) is 0. The van der Waals surface area contributed by atoms with E-state index < -0.39 is 0 Å².